The zero-order valence-corrected chi connectivity index (χ0v) is 9.05. The van der Waals surface area contributed by atoms with Crippen molar-refractivity contribution in [1.82, 2.24) is 9.97 Å². The van der Waals surface area contributed by atoms with Crippen LogP contribution in [0.1, 0.15) is 0 Å². The summed E-state index contributed by atoms with van der Waals surface area (Å²) in [5.74, 6) is 0.341. The fraction of sp³-hybridized carbons (Fsp3) is 0.0909. The molecule has 0 aliphatic heterocycles. The number of rotatable bonds is 3. The Labute approximate surface area is 97.0 Å². The van der Waals surface area contributed by atoms with E-state index in [0.29, 0.717) is 17.2 Å². The third kappa shape index (κ3) is 2.60. The van der Waals surface area contributed by atoms with Gasteiger partial charge in [-0.25, -0.2) is 14.4 Å². The van der Waals surface area contributed by atoms with Crippen molar-refractivity contribution in [3.05, 3.63) is 36.4 Å². The standard InChI is InChI=1S/C11H10FN3O2/c1-16-10-4-8(13)2-3-9(10)17-11-14-5-7(12)6-15-11/h2-6H,13H2,1H3. The Morgan fingerprint density at radius 1 is 1.18 bits per heavy atom. The number of halogens is 1. The third-order valence-corrected chi connectivity index (χ3v) is 1.99. The topological polar surface area (TPSA) is 70.3 Å². The van der Waals surface area contributed by atoms with Crippen LogP contribution in [0.4, 0.5) is 10.1 Å². The van der Waals surface area contributed by atoms with Gasteiger partial charge >= 0.3 is 6.01 Å². The van der Waals surface area contributed by atoms with Gasteiger partial charge in [-0.1, -0.05) is 0 Å². The molecule has 0 saturated carbocycles. The van der Waals surface area contributed by atoms with E-state index >= 15 is 0 Å². The first-order valence-corrected chi connectivity index (χ1v) is 4.78. The molecule has 0 spiro atoms. The van der Waals surface area contributed by atoms with Gasteiger partial charge in [-0.2, -0.15) is 0 Å². The van der Waals surface area contributed by atoms with Crippen molar-refractivity contribution in [3.63, 3.8) is 0 Å². The average Bonchev–Trinajstić information content (AvgIpc) is 2.34. The molecular weight excluding hydrogens is 225 g/mol. The fourth-order valence-corrected chi connectivity index (χ4v) is 1.22. The lowest BCUT2D eigenvalue weighted by atomic mass is 10.3. The quantitative estimate of drug-likeness (QED) is 0.824. The maximum Gasteiger partial charge on any atom is 0.322 e. The molecule has 0 saturated heterocycles. The van der Waals surface area contributed by atoms with E-state index in [1.165, 1.54) is 7.11 Å². The number of nitrogen functional groups attached to an aromatic ring is 1. The number of ether oxygens (including phenoxy) is 2. The van der Waals surface area contributed by atoms with E-state index in [0.717, 1.165) is 12.4 Å². The van der Waals surface area contributed by atoms with E-state index in [1.54, 1.807) is 18.2 Å². The molecule has 2 rings (SSSR count). The van der Waals surface area contributed by atoms with Crippen LogP contribution < -0.4 is 15.2 Å². The lowest BCUT2D eigenvalue weighted by Crippen LogP contribution is -1.96. The summed E-state index contributed by atoms with van der Waals surface area (Å²) in [7, 11) is 1.49. The van der Waals surface area contributed by atoms with Crippen molar-refractivity contribution in [1.29, 1.82) is 0 Å². The Bertz CT molecular complexity index is 517. The van der Waals surface area contributed by atoms with Crippen LogP contribution in [0.2, 0.25) is 0 Å². The maximum atomic E-state index is 12.6. The second kappa shape index (κ2) is 4.65. The molecule has 0 radical (unpaired) electrons. The normalized spacial score (nSPS) is 10.0. The monoisotopic (exact) mass is 235 g/mol. The minimum Gasteiger partial charge on any atom is -0.493 e. The van der Waals surface area contributed by atoms with Crippen molar-refractivity contribution >= 4 is 5.69 Å². The van der Waals surface area contributed by atoms with Gasteiger partial charge in [0.2, 0.25) is 0 Å². The molecule has 6 heteroatoms. The second-order valence-electron chi connectivity index (χ2n) is 3.20. The van der Waals surface area contributed by atoms with Gasteiger partial charge in [-0.05, 0) is 12.1 Å². The van der Waals surface area contributed by atoms with Crippen LogP contribution >= 0.6 is 0 Å². The van der Waals surface area contributed by atoms with E-state index in [-0.39, 0.29) is 6.01 Å². The predicted molar refractivity (Wildman–Crippen MR) is 59.5 cm³/mol. The largest absolute Gasteiger partial charge is 0.493 e. The van der Waals surface area contributed by atoms with Crippen molar-refractivity contribution in [2.45, 2.75) is 0 Å². The summed E-state index contributed by atoms with van der Waals surface area (Å²) < 4.78 is 23.0. The second-order valence-corrected chi connectivity index (χ2v) is 3.20. The molecule has 0 aliphatic carbocycles. The molecule has 0 atom stereocenters. The number of nitrogens with zero attached hydrogens (tertiary/aromatic N) is 2. The highest BCUT2D eigenvalue weighted by Gasteiger charge is 2.07. The van der Waals surface area contributed by atoms with E-state index in [9.17, 15) is 4.39 Å². The van der Waals surface area contributed by atoms with Crippen LogP contribution in [-0.2, 0) is 0 Å². The van der Waals surface area contributed by atoms with Crippen LogP contribution in [0.25, 0.3) is 0 Å². The number of aromatic nitrogens is 2. The summed E-state index contributed by atoms with van der Waals surface area (Å²) in [6, 6.07) is 4.93. The molecule has 2 N–H and O–H groups in total. The maximum absolute atomic E-state index is 12.6. The minimum absolute atomic E-state index is 0.0365. The average molecular weight is 235 g/mol. The molecule has 0 bridgehead atoms. The molecule has 1 aromatic carbocycles. The van der Waals surface area contributed by atoms with Gasteiger partial charge < -0.3 is 15.2 Å². The van der Waals surface area contributed by atoms with E-state index in [4.69, 9.17) is 15.2 Å². The van der Waals surface area contributed by atoms with E-state index in [2.05, 4.69) is 9.97 Å². The number of anilines is 1. The molecule has 17 heavy (non-hydrogen) atoms. The molecule has 1 heterocycles. The molecule has 2 aromatic rings. The summed E-state index contributed by atoms with van der Waals surface area (Å²) in [6.45, 7) is 0. The zero-order chi connectivity index (χ0) is 12.3. The summed E-state index contributed by atoms with van der Waals surface area (Å²) in [4.78, 5) is 7.35. The lowest BCUT2D eigenvalue weighted by Gasteiger charge is -2.08. The zero-order valence-electron chi connectivity index (χ0n) is 9.05. The van der Waals surface area contributed by atoms with Gasteiger partial charge in [0.25, 0.3) is 0 Å². The van der Waals surface area contributed by atoms with Crippen molar-refractivity contribution in [2.75, 3.05) is 12.8 Å². The van der Waals surface area contributed by atoms with Crippen LogP contribution in [0, 0.1) is 5.82 Å². The van der Waals surface area contributed by atoms with Crippen molar-refractivity contribution < 1.29 is 13.9 Å². The third-order valence-electron chi connectivity index (χ3n) is 1.99. The first-order valence-electron chi connectivity index (χ1n) is 4.78. The molecule has 88 valence electrons. The van der Waals surface area contributed by atoms with E-state index < -0.39 is 5.82 Å². The Balaban J connectivity index is 2.26. The highest BCUT2D eigenvalue weighted by Crippen LogP contribution is 2.31. The SMILES string of the molecule is COc1cc(N)ccc1Oc1ncc(F)cn1. The smallest absolute Gasteiger partial charge is 0.322 e. The first-order chi connectivity index (χ1) is 8.19. The van der Waals surface area contributed by atoms with Gasteiger partial charge in [-0.15, -0.1) is 0 Å². The highest BCUT2D eigenvalue weighted by atomic mass is 19.1. The van der Waals surface area contributed by atoms with Crippen LogP contribution in [0.5, 0.6) is 17.5 Å². The van der Waals surface area contributed by atoms with Gasteiger partial charge in [0.15, 0.2) is 17.3 Å². The number of hydrogen-bond donors (Lipinski definition) is 1. The van der Waals surface area contributed by atoms with Gasteiger partial charge in [0.05, 0.1) is 19.5 Å². The molecule has 0 amide bonds. The number of nitrogens with two attached hydrogens (primary N) is 1. The molecule has 5 nitrogen and oxygen atoms in total. The molecular formula is C11H10FN3O2. The number of methoxy groups -OCH3 is 1. The highest BCUT2D eigenvalue weighted by molar-refractivity contribution is 5.52. The van der Waals surface area contributed by atoms with Crippen LogP contribution in [-0.4, -0.2) is 17.1 Å². The Hall–Kier alpha value is -2.37. The van der Waals surface area contributed by atoms with Crippen molar-refractivity contribution in [3.8, 4) is 17.5 Å². The number of hydrogen-bond acceptors (Lipinski definition) is 5. The van der Waals surface area contributed by atoms with Gasteiger partial charge in [0.1, 0.15) is 0 Å². The Morgan fingerprint density at radius 3 is 2.53 bits per heavy atom. The van der Waals surface area contributed by atoms with E-state index in [1.807, 2.05) is 0 Å². The Morgan fingerprint density at radius 2 is 1.88 bits per heavy atom. The predicted octanol–water partition coefficient (Wildman–Crippen LogP) is 2.00. The number of benzene rings is 1. The van der Waals surface area contributed by atoms with Crippen molar-refractivity contribution in [2.24, 2.45) is 0 Å². The summed E-state index contributed by atoms with van der Waals surface area (Å²) in [6.07, 6.45) is 2.04. The molecule has 0 aliphatic rings. The molecule has 0 unspecified atom stereocenters. The van der Waals surface area contributed by atoms with Gasteiger partial charge in [-0.3, -0.25) is 0 Å². The summed E-state index contributed by atoms with van der Waals surface area (Å²) >= 11 is 0. The lowest BCUT2D eigenvalue weighted by molar-refractivity contribution is 0.367. The molecule has 0 fully saturated rings. The molecule has 1 aromatic heterocycles. The fourth-order valence-electron chi connectivity index (χ4n) is 1.22. The summed E-state index contributed by atoms with van der Waals surface area (Å²) in [5.41, 5.74) is 6.15. The minimum atomic E-state index is -0.526. The first kappa shape index (κ1) is 11.1. The van der Waals surface area contributed by atoms with Gasteiger partial charge in [0, 0.05) is 11.8 Å². The van der Waals surface area contributed by atoms with Crippen LogP contribution in [0.3, 0.4) is 0 Å². The van der Waals surface area contributed by atoms with Crippen LogP contribution in [0.15, 0.2) is 30.6 Å². The Kier molecular flexibility index (Phi) is 3.04. The summed E-state index contributed by atoms with van der Waals surface area (Å²) in [5, 5.41) is 0.